The summed E-state index contributed by atoms with van der Waals surface area (Å²) in [5.74, 6) is -1.53. The van der Waals surface area contributed by atoms with Gasteiger partial charge in [0.15, 0.2) is 0 Å². The summed E-state index contributed by atoms with van der Waals surface area (Å²) in [6.07, 6.45) is 0.363. The fourth-order valence-corrected chi connectivity index (χ4v) is 1.37. The lowest BCUT2D eigenvalue weighted by atomic mass is 10.0. The molecule has 1 aromatic carbocycles. The molecule has 0 bridgehead atoms. The number of Topliss-reactive ketones (excluding diaryl/α,β-unsaturated/α-hetero) is 2. The summed E-state index contributed by atoms with van der Waals surface area (Å²) in [4.78, 5) is 22.3. The topological polar surface area (TPSA) is 60.2 Å². The Morgan fingerprint density at radius 1 is 1.27 bits per heavy atom. The lowest BCUT2D eigenvalue weighted by Crippen LogP contribution is -2.38. The van der Waals surface area contributed by atoms with Gasteiger partial charge < -0.3 is 5.73 Å². The van der Waals surface area contributed by atoms with Crippen LogP contribution in [-0.2, 0) is 16.0 Å². The van der Waals surface area contributed by atoms with Gasteiger partial charge in [0.05, 0.1) is 11.9 Å². The number of hydrogen-bond acceptors (Lipinski definition) is 3. The minimum absolute atomic E-state index is 0.304. The molecule has 2 N–H and O–H groups in total. The Morgan fingerprint density at radius 2 is 1.87 bits per heavy atom. The van der Waals surface area contributed by atoms with Crippen LogP contribution >= 0.6 is 11.6 Å². The van der Waals surface area contributed by atoms with Gasteiger partial charge in [0.25, 0.3) is 0 Å². The van der Waals surface area contributed by atoms with Crippen LogP contribution in [0.5, 0.6) is 0 Å². The lowest BCUT2D eigenvalue weighted by molar-refractivity contribution is -0.135. The van der Waals surface area contributed by atoms with Crippen LogP contribution in [0, 0.1) is 0 Å². The van der Waals surface area contributed by atoms with Gasteiger partial charge in [-0.25, -0.2) is 0 Å². The molecule has 0 unspecified atom stereocenters. The Morgan fingerprint density at radius 3 is 2.40 bits per heavy atom. The van der Waals surface area contributed by atoms with Crippen LogP contribution in [0.4, 0.5) is 0 Å². The van der Waals surface area contributed by atoms with Crippen molar-refractivity contribution >= 4 is 23.2 Å². The van der Waals surface area contributed by atoms with Gasteiger partial charge in [0.1, 0.15) is 0 Å². The Kier molecular flexibility index (Phi) is 4.46. The van der Waals surface area contributed by atoms with Crippen molar-refractivity contribution in [2.75, 3.05) is 5.88 Å². The van der Waals surface area contributed by atoms with E-state index in [1.807, 2.05) is 30.3 Å². The first-order valence-corrected chi connectivity index (χ1v) is 5.11. The van der Waals surface area contributed by atoms with Gasteiger partial charge >= 0.3 is 0 Å². The smallest absolute Gasteiger partial charge is 0.216 e. The summed E-state index contributed by atoms with van der Waals surface area (Å²) in [5, 5.41) is 0. The van der Waals surface area contributed by atoms with Crippen molar-refractivity contribution in [3.05, 3.63) is 35.9 Å². The first-order chi connectivity index (χ1) is 7.15. The van der Waals surface area contributed by atoms with Gasteiger partial charge in [0.2, 0.25) is 11.6 Å². The highest BCUT2D eigenvalue weighted by molar-refractivity contribution is 6.48. The molecule has 1 rings (SSSR count). The van der Waals surface area contributed by atoms with Crippen LogP contribution in [0.15, 0.2) is 30.3 Å². The SMILES string of the molecule is N[C@@H](Cc1ccccc1)C(=O)C(=O)CCl. The molecule has 0 aromatic heterocycles. The van der Waals surface area contributed by atoms with Crippen LogP contribution < -0.4 is 5.73 Å². The summed E-state index contributed by atoms with van der Waals surface area (Å²) in [6.45, 7) is 0. The van der Waals surface area contributed by atoms with Crippen molar-refractivity contribution in [2.45, 2.75) is 12.5 Å². The number of benzene rings is 1. The standard InChI is InChI=1S/C11H12ClNO2/c12-7-10(14)11(15)9(13)6-8-4-2-1-3-5-8/h1-5,9H,6-7,13H2/t9-/m0/s1. The maximum atomic E-state index is 11.3. The number of alkyl halides is 1. The van der Waals surface area contributed by atoms with Crippen molar-refractivity contribution in [2.24, 2.45) is 5.73 Å². The van der Waals surface area contributed by atoms with Crippen molar-refractivity contribution in [3.8, 4) is 0 Å². The molecule has 1 atom stereocenters. The number of halogens is 1. The molecule has 0 aliphatic rings. The first kappa shape index (κ1) is 11.9. The molecule has 0 aliphatic carbocycles. The van der Waals surface area contributed by atoms with Crippen molar-refractivity contribution in [1.82, 2.24) is 0 Å². The molecular weight excluding hydrogens is 214 g/mol. The van der Waals surface area contributed by atoms with Crippen LogP contribution in [0.25, 0.3) is 0 Å². The molecule has 0 saturated heterocycles. The minimum atomic E-state index is -0.793. The van der Waals surface area contributed by atoms with Crippen LogP contribution in [-0.4, -0.2) is 23.5 Å². The molecule has 0 spiro atoms. The predicted molar refractivity (Wildman–Crippen MR) is 58.9 cm³/mol. The van der Waals surface area contributed by atoms with E-state index in [0.29, 0.717) is 6.42 Å². The largest absolute Gasteiger partial charge is 0.321 e. The predicted octanol–water partition coefficient (Wildman–Crippen LogP) is 0.933. The number of nitrogens with two attached hydrogens (primary N) is 1. The third kappa shape index (κ3) is 3.46. The molecule has 0 radical (unpaired) electrons. The Bertz CT molecular complexity index is 351. The zero-order valence-corrected chi connectivity index (χ0v) is 8.91. The molecule has 0 aliphatic heterocycles. The van der Waals surface area contributed by atoms with Gasteiger partial charge in [-0.3, -0.25) is 9.59 Å². The van der Waals surface area contributed by atoms with Crippen LogP contribution in [0.3, 0.4) is 0 Å². The second-order valence-corrected chi connectivity index (χ2v) is 3.48. The van der Waals surface area contributed by atoms with E-state index in [1.54, 1.807) is 0 Å². The van der Waals surface area contributed by atoms with Crippen LogP contribution in [0.1, 0.15) is 5.56 Å². The van der Waals surface area contributed by atoms with Gasteiger partial charge in [0, 0.05) is 0 Å². The summed E-state index contributed by atoms with van der Waals surface area (Å²) in [5.41, 5.74) is 6.53. The molecule has 1 aromatic rings. The third-order valence-electron chi connectivity index (χ3n) is 2.03. The molecule has 4 heteroatoms. The minimum Gasteiger partial charge on any atom is -0.321 e. The highest BCUT2D eigenvalue weighted by Crippen LogP contribution is 2.03. The van der Waals surface area contributed by atoms with Crippen molar-refractivity contribution in [1.29, 1.82) is 0 Å². The van der Waals surface area contributed by atoms with Crippen molar-refractivity contribution in [3.63, 3.8) is 0 Å². The van der Waals surface area contributed by atoms with E-state index in [2.05, 4.69) is 0 Å². The third-order valence-corrected chi connectivity index (χ3v) is 2.27. The fraction of sp³-hybridized carbons (Fsp3) is 0.273. The molecule has 80 valence electrons. The van der Waals surface area contributed by atoms with Gasteiger partial charge in [-0.05, 0) is 12.0 Å². The highest BCUT2D eigenvalue weighted by atomic mass is 35.5. The quantitative estimate of drug-likeness (QED) is 0.599. The van der Waals surface area contributed by atoms with E-state index in [0.717, 1.165) is 5.56 Å². The van der Waals surface area contributed by atoms with E-state index in [4.69, 9.17) is 17.3 Å². The molecule has 0 saturated carbocycles. The Hall–Kier alpha value is -1.19. The van der Waals surface area contributed by atoms with Crippen molar-refractivity contribution < 1.29 is 9.59 Å². The molecule has 0 amide bonds. The van der Waals surface area contributed by atoms with E-state index in [-0.39, 0.29) is 5.88 Å². The number of carbonyl (C=O) groups is 2. The molecule has 15 heavy (non-hydrogen) atoms. The fourth-order valence-electron chi connectivity index (χ4n) is 1.23. The summed E-state index contributed by atoms with van der Waals surface area (Å²) >= 11 is 5.27. The summed E-state index contributed by atoms with van der Waals surface area (Å²) in [6, 6.07) is 8.52. The van der Waals surface area contributed by atoms with E-state index < -0.39 is 17.6 Å². The zero-order valence-electron chi connectivity index (χ0n) is 8.15. The monoisotopic (exact) mass is 225 g/mol. The number of rotatable bonds is 5. The van der Waals surface area contributed by atoms with E-state index in [9.17, 15) is 9.59 Å². The maximum absolute atomic E-state index is 11.3. The van der Waals surface area contributed by atoms with Gasteiger partial charge in [-0.15, -0.1) is 11.6 Å². The second kappa shape index (κ2) is 5.63. The van der Waals surface area contributed by atoms with Gasteiger partial charge in [-0.1, -0.05) is 30.3 Å². The first-order valence-electron chi connectivity index (χ1n) is 4.57. The molecular formula is C11H12ClNO2. The zero-order chi connectivity index (χ0) is 11.3. The lowest BCUT2D eigenvalue weighted by Gasteiger charge is -2.08. The second-order valence-electron chi connectivity index (χ2n) is 3.22. The molecule has 0 heterocycles. The number of ketones is 2. The highest BCUT2D eigenvalue weighted by Gasteiger charge is 2.20. The maximum Gasteiger partial charge on any atom is 0.216 e. The average molecular weight is 226 g/mol. The van der Waals surface area contributed by atoms with E-state index in [1.165, 1.54) is 0 Å². The summed E-state index contributed by atoms with van der Waals surface area (Å²) < 4.78 is 0. The molecule has 3 nitrogen and oxygen atoms in total. The Balaban J connectivity index is 2.60. The molecule has 0 fully saturated rings. The number of carbonyl (C=O) groups excluding carboxylic acids is 2. The summed E-state index contributed by atoms with van der Waals surface area (Å²) in [7, 11) is 0. The Labute approximate surface area is 93.2 Å². The number of hydrogen-bond donors (Lipinski definition) is 1. The van der Waals surface area contributed by atoms with Crippen LogP contribution in [0.2, 0.25) is 0 Å². The van der Waals surface area contributed by atoms with E-state index >= 15 is 0 Å². The average Bonchev–Trinajstić information content (AvgIpc) is 2.28. The van der Waals surface area contributed by atoms with Gasteiger partial charge in [-0.2, -0.15) is 0 Å². The normalized spacial score (nSPS) is 12.1.